The van der Waals surface area contributed by atoms with E-state index in [0.717, 1.165) is 12.1 Å². The minimum Gasteiger partial charge on any atom is -0.488 e. The van der Waals surface area contributed by atoms with E-state index in [4.69, 9.17) is 21.1 Å². The number of benzene rings is 2. The SMILES string of the molecule is CC(C)(C)OC(=O)NCC(=O)N1CCC[C@@]2(S(=O)(=O)c3ccc(Cl)cc3)c3c(F)ccc(F)c3OCC12. The molecule has 1 saturated heterocycles. The first-order chi connectivity index (χ1) is 17.3. The molecular weight excluding hydrogens is 530 g/mol. The van der Waals surface area contributed by atoms with Crippen molar-refractivity contribution in [2.24, 2.45) is 0 Å². The molecule has 2 aromatic carbocycles. The largest absolute Gasteiger partial charge is 0.488 e. The van der Waals surface area contributed by atoms with Crippen LogP contribution in [-0.2, 0) is 24.1 Å². The summed E-state index contributed by atoms with van der Waals surface area (Å²) in [4.78, 5) is 26.4. The summed E-state index contributed by atoms with van der Waals surface area (Å²) in [7, 11) is -4.43. The number of amides is 2. The number of piperidine rings is 1. The lowest BCUT2D eigenvalue weighted by molar-refractivity contribution is -0.136. The maximum atomic E-state index is 15.4. The molecule has 4 rings (SSSR count). The molecule has 1 unspecified atom stereocenters. The predicted molar refractivity (Wildman–Crippen MR) is 131 cm³/mol. The fourth-order valence-corrected chi connectivity index (χ4v) is 7.43. The summed E-state index contributed by atoms with van der Waals surface area (Å²) in [6.07, 6.45) is -0.726. The summed E-state index contributed by atoms with van der Waals surface area (Å²) in [5.74, 6) is -2.97. The fourth-order valence-electron chi connectivity index (χ4n) is 4.97. The van der Waals surface area contributed by atoms with Crippen molar-refractivity contribution in [3.05, 3.63) is 58.6 Å². The number of carbonyl (C=O) groups is 2. The van der Waals surface area contributed by atoms with Gasteiger partial charge < -0.3 is 19.7 Å². The van der Waals surface area contributed by atoms with Gasteiger partial charge in [-0.15, -0.1) is 0 Å². The standard InChI is InChI=1S/C25H27ClF2N2O6S/c1-24(2,3)36-23(32)29-13-20(31)30-12-4-11-25(37(33,34)16-7-5-15(26)6-8-16)19(30)14-35-22-18(28)10-9-17(27)21(22)25/h5-10,19H,4,11-14H2,1-3H3,(H,29,32)/t19?,25-/m0/s1. The number of nitrogens with zero attached hydrogens (tertiary/aromatic N) is 1. The van der Waals surface area contributed by atoms with Crippen LogP contribution in [0.1, 0.15) is 39.2 Å². The number of ether oxygens (including phenoxy) is 2. The third-order valence-corrected chi connectivity index (χ3v) is 9.22. The predicted octanol–water partition coefficient (Wildman–Crippen LogP) is 4.20. The van der Waals surface area contributed by atoms with E-state index in [0.29, 0.717) is 5.02 Å². The van der Waals surface area contributed by atoms with Crippen molar-refractivity contribution in [1.82, 2.24) is 10.2 Å². The van der Waals surface area contributed by atoms with Crippen molar-refractivity contribution < 1.29 is 36.3 Å². The molecule has 2 aromatic rings. The zero-order chi connectivity index (χ0) is 27.2. The lowest BCUT2D eigenvalue weighted by atomic mass is 9.80. The first-order valence-corrected chi connectivity index (χ1v) is 13.5. The number of hydrogen-bond acceptors (Lipinski definition) is 6. The molecule has 0 radical (unpaired) electrons. The molecule has 2 aliphatic heterocycles. The average Bonchev–Trinajstić information content (AvgIpc) is 2.83. The zero-order valence-corrected chi connectivity index (χ0v) is 22.1. The topological polar surface area (TPSA) is 102 Å². The van der Waals surface area contributed by atoms with Crippen molar-refractivity contribution >= 4 is 33.4 Å². The molecule has 0 spiro atoms. The number of carbonyl (C=O) groups excluding carboxylic acids is 2. The van der Waals surface area contributed by atoms with Crippen LogP contribution >= 0.6 is 11.6 Å². The number of sulfone groups is 1. The molecule has 2 aliphatic rings. The Labute approximate surface area is 218 Å². The van der Waals surface area contributed by atoms with Gasteiger partial charge in [-0.2, -0.15) is 0 Å². The summed E-state index contributed by atoms with van der Waals surface area (Å²) in [6.45, 7) is 4.25. The van der Waals surface area contributed by atoms with Gasteiger partial charge in [-0.1, -0.05) is 11.6 Å². The highest BCUT2D eigenvalue weighted by molar-refractivity contribution is 7.92. The molecule has 8 nitrogen and oxygen atoms in total. The van der Waals surface area contributed by atoms with Crippen LogP contribution in [0, 0.1) is 11.6 Å². The molecule has 200 valence electrons. The average molecular weight is 557 g/mol. The second-order valence-electron chi connectivity index (χ2n) is 9.95. The van der Waals surface area contributed by atoms with Crippen LogP contribution in [0.5, 0.6) is 5.75 Å². The van der Waals surface area contributed by atoms with Gasteiger partial charge in [0.2, 0.25) is 5.91 Å². The monoisotopic (exact) mass is 556 g/mol. The quantitative estimate of drug-likeness (QED) is 0.606. The van der Waals surface area contributed by atoms with Crippen LogP contribution in [0.15, 0.2) is 41.3 Å². The van der Waals surface area contributed by atoms with E-state index in [1.165, 1.54) is 29.2 Å². The van der Waals surface area contributed by atoms with Gasteiger partial charge in [0.05, 0.1) is 16.5 Å². The second kappa shape index (κ2) is 9.75. The maximum absolute atomic E-state index is 15.4. The summed E-state index contributed by atoms with van der Waals surface area (Å²) in [6, 6.07) is 5.88. The highest BCUT2D eigenvalue weighted by atomic mass is 35.5. The number of nitrogens with one attached hydrogen (secondary N) is 1. The normalized spacial score (nSPS) is 21.4. The summed E-state index contributed by atoms with van der Waals surface area (Å²) >= 11 is 5.95. The third kappa shape index (κ3) is 4.86. The Hall–Kier alpha value is -2.92. The third-order valence-electron chi connectivity index (χ3n) is 6.44. The number of fused-ring (bicyclic) bond motifs is 3. The van der Waals surface area contributed by atoms with E-state index in [-0.39, 0.29) is 24.3 Å². The molecule has 1 fully saturated rings. The molecule has 2 amide bonds. The minimum atomic E-state index is -4.43. The Morgan fingerprint density at radius 1 is 1.16 bits per heavy atom. The molecule has 12 heteroatoms. The number of likely N-dealkylation sites (tertiary alicyclic amines) is 1. The highest BCUT2D eigenvalue weighted by Crippen LogP contribution is 2.53. The molecule has 0 aliphatic carbocycles. The molecule has 2 heterocycles. The first kappa shape index (κ1) is 27.1. The Kier molecular flexibility index (Phi) is 7.15. The van der Waals surface area contributed by atoms with Crippen molar-refractivity contribution in [3.8, 4) is 5.75 Å². The van der Waals surface area contributed by atoms with Gasteiger partial charge >= 0.3 is 6.09 Å². The van der Waals surface area contributed by atoms with Gasteiger partial charge in [-0.25, -0.2) is 22.0 Å². The van der Waals surface area contributed by atoms with Crippen molar-refractivity contribution in [3.63, 3.8) is 0 Å². The molecular formula is C25H27ClF2N2O6S. The Balaban J connectivity index is 1.79. The van der Waals surface area contributed by atoms with E-state index in [2.05, 4.69) is 5.32 Å². The van der Waals surface area contributed by atoms with Gasteiger partial charge in [-0.3, -0.25) is 4.79 Å². The maximum Gasteiger partial charge on any atom is 0.408 e. The summed E-state index contributed by atoms with van der Waals surface area (Å²) in [5.41, 5.74) is -1.24. The van der Waals surface area contributed by atoms with Gasteiger partial charge in [0, 0.05) is 11.6 Å². The molecule has 0 saturated carbocycles. The van der Waals surface area contributed by atoms with Crippen LogP contribution in [0.3, 0.4) is 0 Å². The first-order valence-electron chi connectivity index (χ1n) is 11.7. The zero-order valence-electron chi connectivity index (χ0n) is 20.5. The Bertz CT molecular complexity index is 1330. The van der Waals surface area contributed by atoms with Crippen LogP contribution in [0.25, 0.3) is 0 Å². The minimum absolute atomic E-state index is 0.0807. The number of alkyl carbamates (subject to hydrolysis) is 1. The number of hydrogen-bond donors (Lipinski definition) is 1. The molecule has 2 atom stereocenters. The van der Waals surface area contributed by atoms with Gasteiger partial charge in [0.25, 0.3) is 0 Å². The van der Waals surface area contributed by atoms with Crippen LogP contribution in [0.2, 0.25) is 5.02 Å². The fraction of sp³-hybridized carbons (Fsp3) is 0.440. The van der Waals surface area contributed by atoms with E-state index < -0.39 is 74.3 Å². The van der Waals surface area contributed by atoms with E-state index in [1.807, 2.05) is 0 Å². The molecule has 1 N–H and O–H groups in total. The van der Waals surface area contributed by atoms with E-state index in [1.54, 1.807) is 20.8 Å². The van der Waals surface area contributed by atoms with Crippen molar-refractivity contribution in [2.75, 3.05) is 19.7 Å². The van der Waals surface area contributed by atoms with Gasteiger partial charge in [0.15, 0.2) is 21.4 Å². The Morgan fingerprint density at radius 2 is 1.81 bits per heavy atom. The molecule has 0 aromatic heterocycles. The van der Waals surface area contributed by atoms with E-state index >= 15 is 4.39 Å². The van der Waals surface area contributed by atoms with Crippen molar-refractivity contribution in [2.45, 2.75) is 54.9 Å². The van der Waals surface area contributed by atoms with Gasteiger partial charge in [-0.05, 0) is 70.0 Å². The molecule has 0 bridgehead atoms. The second-order valence-corrected chi connectivity index (χ2v) is 12.6. The summed E-state index contributed by atoms with van der Waals surface area (Å²) in [5, 5.41) is 2.67. The number of halogens is 3. The summed E-state index contributed by atoms with van der Waals surface area (Å²) < 4.78 is 67.4. The number of rotatable bonds is 4. The lowest BCUT2D eigenvalue weighted by Gasteiger charge is -2.51. The van der Waals surface area contributed by atoms with Crippen LogP contribution < -0.4 is 10.1 Å². The smallest absolute Gasteiger partial charge is 0.408 e. The van der Waals surface area contributed by atoms with Crippen LogP contribution in [0.4, 0.5) is 13.6 Å². The van der Waals surface area contributed by atoms with Crippen molar-refractivity contribution in [1.29, 1.82) is 0 Å². The molecule has 37 heavy (non-hydrogen) atoms. The Morgan fingerprint density at radius 3 is 2.46 bits per heavy atom. The lowest BCUT2D eigenvalue weighted by Crippen LogP contribution is -2.65. The highest BCUT2D eigenvalue weighted by Gasteiger charge is 2.61. The van der Waals surface area contributed by atoms with Gasteiger partial charge in [0.1, 0.15) is 29.3 Å². The van der Waals surface area contributed by atoms with E-state index in [9.17, 15) is 22.4 Å². The van der Waals surface area contributed by atoms with Crippen LogP contribution in [-0.4, -0.2) is 56.7 Å².